The van der Waals surface area contributed by atoms with E-state index in [0.717, 1.165) is 16.3 Å². The molecule has 19 heavy (non-hydrogen) atoms. The van der Waals surface area contributed by atoms with Crippen molar-refractivity contribution in [2.45, 2.75) is 29.5 Å². The number of rotatable bonds is 5. The Kier molecular flexibility index (Phi) is 5.25. The van der Waals surface area contributed by atoms with Crippen molar-refractivity contribution in [2.75, 3.05) is 0 Å². The minimum absolute atomic E-state index is 0.0867. The number of thioether (sulfide) groups is 1. The van der Waals surface area contributed by atoms with Crippen LogP contribution in [0, 0.1) is 0 Å². The zero-order chi connectivity index (χ0) is 13.7. The van der Waals surface area contributed by atoms with Gasteiger partial charge in [0.15, 0.2) is 0 Å². The van der Waals surface area contributed by atoms with Crippen LogP contribution in [-0.2, 0) is 0 Å². The molecule has 0 fully saturated rings. The van der Waals surface area contributed by atoms with Gasteiger partial charge in [-0.3, -0.25) is 4.98 Å². The van der Waals surface area contributed by atoms with E-state index in [1.54, 1.807) is 24.2 Å². The Morgan fingerprint density at radius 3 is 2.53 bits per heavy atom. The van der Waals surface area contributed by atoms with Gasteiger partial charge in [0.1, 0.15) is 0 Å². The zero-order valence-electron chi connectivity index (χ0n) is 10.8. The van der Waals surface area contributed by atoms with Crippen LogP contribution in [-0.4, -0.2) is 11.0 Å². The Morgan fingerprint density at radius 2 is 1.89 bits per heavy atom. The second kappa shape index (κ2) is 6.94. The summed E-state index contributed by atoms with van der Waals surface area (Å²) >= 11 is 7.95. The summed E-state index contributed by atoms with van der Waals surface area (Å²) in [6.45, 7) is 2.10. The number of hydrogen-bond donors (Lipinski definition) is 1. The van der Waals surface area contributed by atoms with E-state index >= 15 is 0 Å². The van der Waals surface area contributed by atoms with Crippen LogP contribution in [0.25, 0.3) is 0 Å². The number of nitrogens with zero attached hydrogens (tertiary/aromatic N) is 1. The van der Waals surface area contributed by atoms with Crippen molar-refractivity contribution >= 4 is 23.4 Å². The van der Waals surface area contributed by atoms with E-state index < -0.39 is 0 Å². The van der Waals surface area contributed by atoms with E-state index in [2.05, 4.69) is 11.9 Å². The average molecular weight is 293 g/mol. The van der Waals surface area contributed by atoms with Crippen LogP contribution in [0.5, 0.6) is 0 Å². The zero-order valence-corrected chi connectivity index (χ0v) is 12.4. The normalized spacial score (nSPS) is 14.1. The fraction of sp³-hybridized carbons (Fsp3) is 0.267. The van der Waals surface area contributed by atoms with Crippen molar-refractivity contribution in [2.24, 2.45) is 5.73 Å². The molecule has 2 N–H and O–H groups in total. The lowest BCUT2D eigenvalue weighted by molar-refractivity contribution is 0.634. The van der Waals surface area contributed by atoms with Crippen molar-refractivity contribution in [1.82, 2.24) is 4.98 Å². The largest absolute Gasteiger partial charge is 0.326 e. The predicted molar refractivity (Wildman–Crippen MR) is 82.6 cm³/mol. The van der Waals surface area contributed by atoms with E-state index in [9.17, 15) is 0 Å². The van der Waals surface area contributed by atoms with E-state index in [1.165, 1.54) is 5.56 Å². The van der Waals surface area contributed by atoms with Gasteiger partial charge in [0.25, 0.3) is 0 Å². The second-order valence-corrected chi connectivity index (χ2v) is 5.91. The summed E-state index contributed by atoms with van der Waals surface area (Å²) < 4.78 is 0. The number of hydrogen-bond acceptors (Lipinski definition) is 3. The summed E-state index contributed by atoms with van der Waals surface area (Å²) in [5, 5.41) is 0.961. The number of benzene rings is 1. The topological polar surface area (TPSA) is 38.9 Å². The van der Waals surface area contributed by atoms with Gasteiger partial charge in [-0.15, -0.1) is 11.8 Å². The molecule has 0 aliphatic carbocycles. The van der Waals surface area contributed by atoms with Crippen LogP contribution in [0.2, 0.25) is 5.02 Å². The van der Waals surface area contributed by atoms with Crippen LogP contribution in [0.4, 0.5) is 0 Å². The minimum atomic E-state index is 0.0867. The minimum Gasteiger partial charge on any atom is -0.326 e. The quantitative estimate of drug-likeness (QED) is 0.835. The van der Waals surface area contributed by atoms with Crippen LogP contribution < -0.4 is 5.73 Å². The second-order valence-electron chi connectivity index (χ2n) is 4.32. The third-order valence-electron chi connectivity index (χ3n) is 2.99. The standard InChI is InChI=1S/C15H17ClN2S/c1-2-13(17)15(11-7-9-18-10-8-11)19-14-6-4-3-5-12(14)16/h3-10,13,15H,2,17H2,1H3. The van der Waals surface area contributed by atoms with Crippen molar-refractivity contribution < 1.29 is 0 Å². The molecule has 2 aromatic rings. The van der Waals surface area contributed by atoms with Gasteiger partial charge in [-0.2, -0.15) is 0 Å². The fourth-order valence-corrected chi connectivity index (χ4v) is 3.39. The van der Waals surface area contributed by atoms with Gasteiger partial charge in [-0.1, -0.05) is 30.7 Å². The molecule has 0 aliphatic heterocycles. The summed E-state index contributed by atoms with van der Waals surface area (Å²) in [6, 6.07) is 12.0. The van der Waals surface area contributed by atoms with Gasteiger partial charge < -0.3 is 5.73 Å². The van der Waals surface area contributed by atoms with Gasteiger partial charge in [-0.25, -0.2) is 0 Å². The molecule has 2 atom stereocenters. The first-order valence-corrected chi connectivity index (χ1v) is 7.54. The predicted octanol–water partition coefficient (Wildman–Crippen LogP) is 4.31. The fourth-order valence-electron chi connectivity index (χ4n) is 1.85. The smallest absolute Gasteiger partial charge is 0.0542 e. The molecule has 2 unspecified atom stereocenters. The first kappa shape index (κ1) is 14.4. The molecular formula is C15H17ClN2S. The monoisotopic (exact) mass is 292 g/mol. The molecule has 2 nitrogen and oxygen atoms in total. The maximum Gasteiger partial charge on any atom is 0.0542 e. The maximum atomic E-state index is 6.26. The lowest BCUT2D eigenvalue weighted by atomic mass is 10.1. The summed E-state index contributed by atoms with van der Waals surface area (Å²) in [7, 11) is 0. The maximum absolute atomic E-state index is 6.26. The molecule has 0 aliphatic rings. The summed E-state index contributed by atoms with van der Waals surface area (Å²) in [6.07, 6.45) is 4.53. The molecule has 100 valence electrons. The lowest BCUT2D eigenvalue weighted by Gasteiger charge is -2.23. The number of nitrogens with two attached hydrogens (primary N) is 1. The summed E-state index contributed by atoms with van der Waals surface area (Å²) in [5.74, 6) is 0. The third kappa shape index (κ3) is 3.72. The molecule has 1 aromatic heterocycles. The van der Waals surface area contributed by atoms with Crippen molar-refractivity contribution in [3.63, 3.8) is 0 Å². The molecule has 0 saturated carbocycles. The van der Waals surface area contributed by atoms with Crippen molar-refractivity contribution in [3.8, 4) is 0 Å². The van der Waals surface area contributed by atoms with Crippen molar-refractivity contribution in [3.05, 3.63) is 59.4 Å². The summed E-state index contributed by atoms with van der Waals surface area (Å²) in [5.41, 5.74) is 7.45. The number of pyridine rings is 1. The van der Waals surface area contributed by atoms with E-state index in [0.29, 0.717) is 0 Å². The van der Waals surface area contributed by atoms with Crippen LogP contribution >= 0.6 is 23.4 Å². The van der Waals surface area contributed by atoms with Gasteiger partial charge in [0, 0.05) is 28.6 Å². The Morgan fingerprint density at radius 1 is 1.21 bits per heavy atom. The molecule has 2 rings (SSSR count). The molecule has 0 saturated heterocycles. The first-order valence-electron chi connectivity index (χ1n) is 6.29. The molecule has 1 aromatic carbocycles. The Labute approximate surface area is 123 Å². The van der Waals surface area contributed by atoms with Gasteiger partial charge in [-0.05, 0) is 36.2 Å². The molecule has 0 spiro atoms. The van der Waals surface area contributed by atoms with Gasteiger partial charge in [0.05, 0.1) is 5.02 Å². The Hall–Kier alpha value is -1.03. The lowest BCUT2D eigenvalue weighted by Crippen LogP contribution is -2.25. The molecule has 0 amide bonds. The van der Waals surface area contributed by atoms with Crippen LogP contribution in [0.3, 0.4) is 0 Å². The highest BCUT2D eigenvalue weighted by molar-refractivity contribution is 7.99. The molecular weight excluding hydrogens is 276 g/mol. The van der Waals surface area contributed by atoms with Crippen LogP contribution in [0.1, 0.15) is 24.2 Å². The highest BCUT2D eigenvalue weighted by Gasteiger charge is 2.20. The number of aromatic nitrogens is 1. The highest BCUT2D eigenvalue weighted by Crippen LogP contribution is 2.40. The van der Waals surface area contributed by atoms with E-state index in [1.807, 2.05) is 36.4 Å². The number of halogens is 1. The highest BCUT2D eigenvalue weighted by atomic mass is 35.5. The van der Waals surface area contributed by atoms with E-state index in [4.69, 9.17) is 17.3 Å². The Balaban J connectivity index is 2.27. The van der Waals surface area contributed by atoms with Crippen LogP contribution in [0.15, 0.2) is 53.7 Å². The molecule has 0 radical (unpaired) electrons. The van der Waals surface area contributed by atoms with Gasteiger partial charge >= 0.3 is 0 Å². The van der Waals surface area contributed by atoms with E-state index in [-0.39, 0.29) is 11.3 Å². The summed E-state index contributed by atoms with van der Waals surface area (Å²) in [4.78, 5) is 5.13. The van der Waals surface area contributed by atoms with Crippen molar-refractivity contribution in [1.29, 1.82) is 0 Å². The molecule has 0 bridgehead atoms. The molecule has 4 heteroatoms. The SMILES string of the molecule is CCC(N)C(Sc1ccccc1Cl)c1ccncc1. The van der Waals surface area contributed by atoms with Gasteiger partial charge in [0.2, 0.25) is 0 Å². The average Bonchev–Trinajstić information content (AvgIpc) is 2.46. The Bertz CT molecular complexity index is 519. The third-order valence-corrected chi connectivity index (χ3v) is 4.91. The molecule has 1 heterocycles. The first-order chi connectivity index (χ1) is 9.22.